The van der Waals surface area contributed by atoms with Gasteiger partial charge in [-0.3, -0.25) is 9.48 Å². The van der Waals surface area contributed by atoms with Gasteiger partial charge >= 0.3 is 6.09 Å². The molecule has 7 heteroatoms. The van der Waals surface area contributed by atoms with E-state index in [1.165, 1.54) is 0 Å². The number of carbonyl (C=O) groups excluding carboxylic acids is 2. The molecule has 0 aliphatic heterocycles. The minimum absolute atomic E-state index is 0.132. The molecule has 25 heavy (non-hydrogen) atoms. The first-order valence-corrected chi connectivity index (χ1v) is 8.10. The first kappa shape index (κ1) is 18.5. The Labute approximate surface area is 147 Å². The second kappa shape index (κ2) is 8.32. The molecule has 0 bridgehead atoms. The smallest absolute Gasteiger partial charge is 0.408 e. The van der Waals surface area contributed by atoms with Crippen LogP contribution < -0.4 is 10.6 Å². The summed E-state index contributed by atoms with van der Waals surface area (Å²) in [7, 11) is 0. The summed E-state index contributed by atoms with van der Waals surface area (Å²) in [6, 6.07) is 10.0. The third kappa shape index (κ3) is 7.07. The first-order valence-electron chi connectivity index (χ1n) is 8.10. The molecule has 2 aromatic rings. The molecule has 1 aromatic heterocycles. The van der Waals surface area contributed by atoms with E-state index in [-0.39, 0.29) is 12.5 Å². The number of ether oxygens (including phenoxy) is 1. The lowest BCUT2D eigenvalue weighted by molar-refractivity contribution is -0.120. The Kier molecular flexibility index (Phi) is 6.16. The Morgan fingerprint density at radius 1 is 1.12 bits per heavy atom. The molecule has 7 nitrogen and oxygen atoms in total. The molecule has 0 saturated carbocycles. The van der Waals surface area contributed by atoms with Crippen molar-refractivity contribution in [2.24, 2.45) is 0 Å². The van der Waals surface area contributed by atoms with Crippen LogP contribution in [0.15, 0.2) is 42.7 Å². The van der Waals surface area contributed by atoms with E-state index < -0.39 is 11.7 Å². The van der Waals surface area contributed by atoms with E-state index in [2.05, 4.69) is 15.7 Å². The third-order valence-corrected chi connectivity index (χ3v) is 3.16. The van der Waals surface area contributed by atoms with Crippen LogP contribution in [0.3, 0.4) is 0 Å². The number of benzene rings is 1. The largest absolute Gasteiger partial charge is 0.444 e. The van der Waals surface area contributed by atoms with E-state index in [4.69, 9.17) is 4.74 Å². The molecule has 0 aliphatic carbocycles. The quantitative estimate of drug-likeness (QED) is 0.840. The summed E-state index contributed by atoms with van der Waals surface area (Å²) < 4.78 is 6.88. The number of hydrogen-bond acceptors (Lipinski definition) is 4. The Hall–Kier alpha value is -2.83. The van der Waals surface area contributed by atoms with Gasteiger partial charge in [0.05, 0.1) is 12.7 Å². The van der Waals surface area contributed by atoms with Crippen molar-refractivity contribution < 1.29 is 14.3 Å². The van der Waals surface area contributed by atoms with Gasteiger partial charge in [-0.25, -0.2) is 4.79 Å². The van der Waals surface area contributed by atoms with Crippen LogP contribution in [0.5, 0.6) is 0 Å². The highest BCUT2D eigenvalue weighted by Gasteiger charge is 2.16. The number of nitrogens with one attached hydrogen (secondary N) is 2. The molecular weight excluding hydrogens is 320 g/mol. The number of aromatic nitrogens is 2. The number of hydrogen-bond donors (Lipinski definition) is 2. The second-order valence-electron chi connectivity index (χ2n) is 6.66. The maximum atomic E-state index is 11.8. The summed E-state index contributed by atoms with van der Waals surface area (Å²) in [6.07, 6.45) is 2.98. The van der Waals surface area contributed by atoms with Crippen molar-refractivity contribution in [3.8, 4) is 0 Å². The van der Waals surface area contributed by atoms with Crippen LogP contribution in [-0.2, 0) is 22.6 Å². The number of carbonyl (C=O) groups is 2. The van der Waals surface area contributed by atoms with Gasteiger partial charge in [-0.1, -0.05) is 30.3 Å². The van der Waals surface area contributed by atoms with Gasteiger partial charge in [0.1, 0.15) is 12.1 Å². The number of amides is 2. The Morgan fingerprint density at radius 3 is 2.52 bits per heavy atom. The van der Waals surface area contributed by atoms with Gasteiger partial charge in [0.25, 0.3) is 0 Å². The van der Waals surface area contributed by atoms with Gasteiger partial charge in [-0.2, -0.15) is 5.10 Å². The minimum atomic E-state index is -0.613. The SMILES string of the molecule is CC(C)(C)OC(=O)NCC(=O)NCc1cnn(Cc2ccccc2)c1. The van der Waals surface area contributed by atoms with Crippen molar-refractivity contribution in [2.45, 2.75) is 39.5 Å². The normalized spacial score (nSPS) is 11.0. The van der Waals surface area contributed by atoms with Crippen LogP contribution in [0.25, 0.3) is 0 Å². The number of alkyl carbamates (subject to hydrolysis) is 1. The fourth-order valence-corrected chi connectivity index (χ4v) is 2.08. The fourth-order valence-electron chi connectivity index (χ4n) is 2.08. The summed E-state index contributed by atoms with van der Waals surface area (Å²) in [5, 5.41) is 9.43. The zero-order valence-corrected chi connectivity index (χ0v) is 14.8. The molecular formula is C18H24N4O3. The van der Waals surface area contributed by atoms with Crippen molar-refractivity contribution >= 4 is 12.0 Å². The van der Waals surface area contributed by atoms with Crippen molar-refractivity contribution in [1.82, 2.24) is 20.4 Å². The van der Waals surface area contributed by atoms with E-state index in [1.54, 1.807) is 27.0 Å². The highest BCUT2D eigenvalue weighted by molar-refractivity contribution is 5.82. The van der Waals surface area contributed by atoms with Gasteiger partial charge in [0, 0.05) is 18.3 Å². The van der Waals surface area contributed by atoms with Gasteiger partial charge in [0.15, 0.2) is 0 Å². The van der Waals surface area contributed by atoms with Crippen LogP contribution >= 0.6 is 0 Å². The summed E-state index contributed by atoms with van der Waals surface area (Å²) >= 11 is 0. The minimum Gasteiger partial charge on any atom is -0.444 e. The topological polar surface area (TPSA) is 85.2 Å². The lowest BCUT2D eigenvalue weighted by Crippen LogP contribution is -2.39. The van der Waals surface area contributed by atoms with Crippen LogP contribution in [-0.4, -0.2) is 33.9 Å². The van der Waals surface area contributed by atoms with E-state index in [9.17, 15) is 9.59 Å². The summed E-state index contributed by atoms with van der Waals surface area (Å²) in [6.45, 7) is 6.19. The zero-order chi connectivity index (χ0) is 18.3. The van der Waals surface area contributed by atoms with Crippen LogP contribution in [0.1, 0.15) is 31.9 Å². The summed E-state index contributed by atoms with van der Waals surface area (Å²) in [5.74, 6) is -0.290. The molecule has 0 aliphatic rings. The lowest BCUT2D eigenvalue weighted by Gasteiger charge is -2.19. The maximum absolute atomic E-state index is 11.8. The second-order valence-corrected chi connectivity index (χ2v) is 6.66. The summed E-state index contributed by atoms with van der Waals surface area (Å²) in [4.78, 5) is 23.3. The predicted octanol–water partition coefficient (Wildman–Crippen LogP) is 2.07. The number of nitrogens with zero attached hydrogens (tertiary/aromatic N) is 2. The molecule has 134 valence electrons. The first-order chi connectivity index (χ1) is 11.8. The monoisotopic (exact) mass is 344 g/mol. The zero-order valence-electron chi connectivity index (χ0n) is 14.8. The van der Waals surface area contributed by atoms with Crippen LogP contribution in [0.2, 0.25) is 0 Å². The molecule has 2 amide bonds. The van der Waals surface area contributed by atoms with Gasteiger partial charge in [0.2, 0.25) is 5.91 Å². The Morgan fingerprint density at radius 2 is 1.84 bits per heavy atom. The molecule has 0 spiro atoms. The fraction of sp³-hybridized carbons (Fsp3) is 0.389. The molecule has 0 radical (unpaired) electrons. The molecule has 1 heterocycles. The highest BCUT2D eigenvalue weighted by atomic mass is 16.6. The average Bonchev–Trinajstić information content (AvgIpc) is 2.98. The van der Waals surface area contributed by atoms with Crippen LogP contribution in [0.4, 0.5) is 4.79 Å². The van der Waals surface area contributed by atoms with Crippen LogP contribution in [0, 0.1) is 0 Å². The predicted molar refractivity (Wildman–Crippen MR) is 93.9 cm³/mol. The Balaban J connectivity index is 1.72. The average molecular weight is 344 g/mol. The van der Waals surface area contributed by atoms with Crippen molar-refractivity contribution in [3.05, 3.63) is 53.9 Å². The number of rotatable bonds is 6. The lowest BCUT2D eigenvalue weighted by atomic mass is 10.2. The maximum Gasteiger partial charge on any atom is 0.408 e. The van der Waals surface area contributed by atoms with Crippen molar-refractivity contribution in [1.29, 1.82) is 0 Å². The molecule has 0 atom stereocenters. The van der Waals surface area contributed by atoms with E-state index in [0.717, 1.165) is 11.1 Å². The van der Waals surface area contributed by atoms with Gasteiger partial charge in [-0.05, 0) is 26.3 Å². The van der Waals surface area contributed by atoms with Gasteiger partial charge < -0.3 is 15.4 Å². The molecule has 1 aromatic carbocycles. The van der Waals surface area contributed by atoms with E-state index in [1.807, 2.05) is 41.2 Å². The molecule has 2 N–H and O–H groups in total. The van der Waals surface area contributed by atoms with Crippen molar-refractivity contribution in [3.63, 3.8) is 0 Å². The Bertz CT molecular complexity index is 705. The highest BCUT2D eigenvalue weighted by Crippen LogP contribution is 2.06. The third-order valence-electron chi connectivity index (χ3n) is 3.16. The van der Waals surface area contributed by atoms with Gasteiger partial charge in [-0.15, -0.1) is 0 Å². The van der Waals surface area contributed by atoms with E-state index in [0.29, 0.717) is 13.1 Å². The van der Waals surface area contributed by atoms with E-state index >= 15 is 0 Å². The molecule has 2 rings (SSSR count). The summed E-state index contributed by atoms with van der Waals surface area (Å²) in [5.41, 5.74) is 1.46. The standard InChI is InChI=1S/C18H24N4O3/c1-18(2,3)25-17(24)20-11-16(23)19-9-15-10-21-22(13-15)12-14-7-5-4-6-8-14/h4-8,10,13H,9,11-12H2,1-3H3,(H,19,23)(H,20,24). The molecule has 0 unspecified atom stereocenters. The molecule has 0 saturated heterocycles. The molecule has 0 fully saturated rings. The van der Waals surface area contributed by atoms with Crippen molar-refractivity contribution in [2.75, 3.05) is 6.54 Å².